The molecule has 0 bridgehead atoms. The predicted molar refractivity (Wildman–Crippen MR) is 118 cm³/mol. The van der Waals surface area contributed by atoms with Crippen LogP contribution in [0.2, 0.25) is 0 Å². The van der Waals surface area contributed by atoms with Crippen LogP contribution in [-0.4, -0.2) is 31.1 Å². The molecule has 0 spiro atoms. The fourth-order valence-corrected chi connectivity index (χ4v) is 3.73. The maximum Gasteiger partial charge on any atom is 0.130 e. The number of nitrogens with zero attached hydrogens (tertiary/aromatic N) is 1. The van der Waals surface area contributed by atoms with Crippen molar-refractivity contribution in [3.63, 3.8) is 0 Å². The maximum atomic E-state index is 11.3. The first kappa shape index (κ1) is 21.2. The Kier molecular flexibility index (Phi) is 7.18. The normalized spacial score (nSPS) is 18.3. The molecular weight excluding hydrogens is 362 g/mol. The van der Waals surface area contributed by atoms with E-state index in [4.69, 9.17) is 9.47 Å². The molecule has 0 aliphatic carbocycles. The monoisotopic (exact) mass is 395 g/mol. The van der Waals surface area contributed by atoms with E-state index in [1.54, 1.807) is 6.92 Å². The third kappa shape index (κ3) is 5.99. The quantitative estimate of drug-likeness (QED) is 0.554. The summed E-state index contributed by atoms with van der Waals surface area (Å²) in [7, 11) is 0. The molecule has 0 saturated carbocycles. The molecule has 156 valence electrons. The van der Waals surface area contributed by atoms with Gasteiger partial charge in [0.2, 0.25) is 0 Å². The molecule has 2 unspecified atom stereocenters. The zero-order chi connectivity index (χ0) is 20.8. The first-order chi connectivity index (χ1) is 13.9. The summed E-state index contributed by atoms with van der Waals surface area (Å²) < 4.78 is 12.1. The van der Waals surface area contributed by atoms with Gasteiger partial charge in [-0.3, -0.25) is 0 Å². The summed E-state index contributed by atoms with van der Waals surface area (Å²) in [6.45, 7) is 9.83. The number of hydrogen-bond donors (Lipinski definition) is 0. The van der Waals surface area contributed by atoms with Gasteiger partial charge in [-0.2, -0.15) is 0 Å². The number of rotatable bonds is 9. The number of carbonyl (C=O) groups excluding carboxylic acids is 1. The van der Waals surface area contributed by atoms with Gasteiger partial charge in [-0.25, -0.2) is 0 Å². The zero-order valence-electron chi connectivity index (χ0n) is 18.1. The molecule has 0 aromatic heterocycles. The lowest BCUT2D eigenvalue weighted by Crippen LogP contribution is -2.24. The molecule has 0 radical (unpaired) electrons. The first-order valence-corrected chi connectivity index (χ1v) is 10.7. The van der Waals surface area contributed by atoms with E-state index in [0.29, 0.717) is 6.42 Å². The molecule has 1 saturated heterocycles. The smallest absolute Gasteiger partial charge is 0.130 e. The number of Topliss-reactive ketones (excluding diaryl/α,β-unsaturated/α-hetero) is 1. The summed E-state index contributed by atoms with van der Waals surface area (Å²) in [4.78, 5) is 13.7. The van der Waals surface area contributed by atoms with Gasteiger partial charge in [0.1, 0.15) is 23.4 Å². The molecule has 1 aliphatic heterocycles. The molecule has 3 rings (SSSR count). The lowest BCUT2D eigenvalue weighted by Gasteiger charge is -2.20. The number of carbonyl (C=O) groups is 1. The Hall–Kier alpha value is -2.49. The van der Waals surface area contributed by atoms with Crippen LogP contribution in [0.25, 0.3) is 0 Å². The van der Waals surface area contributed by atoms with Gasteiger partial charge in [-0.15, -0.1) is 0 Å². The van der Waals surface area contributed by atoms with Gasteiger partial charge >= 0.3 is 0 Å². The van der Waals surface area contributed by atoms with Crippen molar-refractivity contribution in [1.82, 2.24) is 0 Å². The van der Waals surface area contributed by atoms with Crippen LogP contribution in [0.4, 0.5) is 5.69 Å². The predicted octanol–water partition coefficient (Wildman–Crippen LogP) is 5.60. The second-order valence-corrected chi connectivity index (χ2v) is 8.18. The van der Waals surface area contributed by atoms with Crippen molar-refractivity contribution < 1.29 is 14.3 Å². The van der Waals surface area contributed by atoms with Crippen molar-refractivity contribution in [3.05, 3.63) is 54.1 Å². The van der Waals surface area contributed by atoms with Crippen LogP contribution in [0.3, 0.4) is 0 Å². The summed E-state index contributed by atoms with van der Waals surface area (Å²) in [6.07, 6.45) is 3.02. The van der Waals surface area contributed by atoms with Gasteiger partial charge in [0.25, 0.3) is 0 Å². The topological polar surface area (TPSA) is 38.8 Å². The highest BCUT2D eigenvalue weighted by Crippen LogP contribution is 2.27. The van der Waals surface area contributed by atoms with Gasteiger partial charge in [0.05, 0.1) is 12.6 Å². The Morgan fingerprint density at radius 1 is 1.07 bits per heavy atom. The molecule has 4 heteroatoms. The molecule has 4 nitrogen and oxygen atoms in total. The number of anilines is 1. The summed E-state index contributed by atoms with van der Waals surface area (Å²) >= 11 is 0. The Labute approximate surface area is 174 Å². The number of hydrogen-bond acceptors (Lipinski definition) is 4. The number of benzene rings is 2. The highest BCUT2D eigenvalue weighted by Gasteiger charge is 2.24. The van der Waals surface area contributed by atoms with E-state index in [0.717, 1.165) is 37.4 Å². The van der Waals surface area contributed by atoms with Crippen molar-refractivity contribution >= 4 is 11.5 Å². The molecule has 1 aliphatic rings. The van der Waals surface area contributed by atoms with E-state index in [-0.39, 0.29) is 23.9 Å². The molecule has 29 heavy (non-hydrogen) atoms. The second-order valence-electron chi connectivity index (χ2n) is 8.18. The minimum atomic E-state index is 0.187. The Morgan fingerprint density at radius 2 is 1.72 bits per heavy atom. The molecule has 0 N–H and O–H groups in total. The van der Waals surface area contributed by atoms with E-state index in [1.807, 2.05) is 12.1 Å². The van der Waals surface area contributed by atoms with Crippen LogP contribution >= 0.6 is 0 Å². The average Bonchev–Trinajstić information content (AvgIpc) is 3.17. The molecule has 2 aromatic carbocycles. The van der Waals surface area contributed by atoms with Gasteiger partial charge in [0.15, 0.2) is 0 Å². The highest BCUT2D eigenvalue weighted by molar-refractivity contribution is 5.76. The Balaban J connectivity index is 1.52. The third-order valence-corrected chi connectivity index (χ3v) is 5.60. The van der Waals surface area contributed by atoms with E-state index in [9.17, 15) is 4.79 Å². The lowest BCUT2D eigenvalue weighted by atomic mass is 9.96. The van der Waals surface area contributed by atoms with Crippen LogP contribution in [0.5, 0.6) is 11.5 Å². The van der Waals surface area contributed by atoms with Crippen molar-refractivity contribution in [1.29, 1.82) is 0 Å². The van der Waals surface area contributed by atoms with Gasteiger partial charge in [-0.1, -0.05) is 26.0 Å². The largest absolute Gasteiger partial charge is 0.491 e. The number of ether oxygens (including phenoxy) is 2. The van der Waals surface area contributed by atoms with Crippen molar-refractivity contribution in [2.45, 2.75) is 65.1 Å². The molecule has 0 amide bonds. The minimum Gasteiger partial charge on any atom is -0.491 e. The van der Waals surface area contributed by atoms with Crippen LogP contribution in [-0.2, 0) is 4.79 Å². The SMILES string of the molecule is CCC(C)Oc1ccc(N2CCC(Oc3ccc([C@H](C)CC(C)=O)cc3)C2)cc1. The van der Waals surface area contributed by atoms with Crippen LogP contribution < -0.4 is 14.4 Å². The fourth-order valence-electron chi connectivity index (χ4n) is 3.73. The highest BCUT2D eigenvalue weighted by atomic mass is 16.5. The van der Waals surface area contributed by atoms with Gasteiger partial charge in [0, 0.05) is 25.1 Å². The van der Waals surface area contributed by atoms with E-state index < -0.39 is 0 Å². The Morgan fingerprint density at radius 3 is 2.34 bits per heavy atom. The summed E-state index contributed by atoms with van der Waals surface area (Å²) in [6, 6.07) is 16.6. The molecule has 1 fully saturated rings. The van der Waals surface area contributed by atoms with E-state index in [2.05, 4.69) is 62.1 Å². The molecular formula is C25H33NO3. The summed E-state index contributed by atoms with van der Waals surface area (Å²) in [5.41, 5.74) is 2.39. The molecule has 1 heterocycles. The van der Waals surface area contributed by atoms with Gasteiger partial charge < -0.3 is 19.2 Å². The third-order valence-electron chi connectivity index (χ3n) is 5.60. The van der Waals surface area contributed by atoms with Crippen LogP contribution in [0.1, 0.15) is 58.4 Å². The Bertz CT molecular complexity index is 785. The van der Waals surface area contributed by atoms with Crippen molar-refractivity contribution in [3.8, 4) is 11.5 Å². The minimum absolute atomic E-state index is 0.187. The number of ketones is 1. The van der Waals surface area contributed by atoms with E-state index >= 15 is 0 Å². The van der Waals surface area contributed by atoms with Crippen LogP contribution in [0, 0.1) is 0 Å². The van der Waals surface area contributed by atoms with Crippen molar-refractivity contribution in [2.75, 3.05) is 18.0 Å². The standard InChI is InChI=1S/C25H33NO3/c1-5-20(4)28-23-12-8-22(9-13-23)26-15-14-25(17-26)29-24-10-6-21(7-11-24)18(2)16-19(3)27/h6-13,18,20,25H,5,14-17H2,1-4H3/t18-,20?,25?/m1/s1. The van der Waals surface area contributed by atoms with Crippen LogP contribution in [0.15, 0.2) is 48.5 Å². The summed E-state index contributed by atoms with van der Waals surface area (Å²) in [5, 5.41) is 0. The average molecular weight is 396 g/mol. The van der Waals surface area contributed by atoms with E-state index in [1.165, 1.54) is 11.3 Å². The molecule has 3 atom stereocenters. The molecule has 2 aromatic rings. The first-order valence-electron chi connectivity index (χ1n) is 10.7. The second kappa shape index (κ2) is 9.82. The maximum absolute atomic E-state index is 11.3. The van der Waals surface area contributed by atoms with Gasteiger partial charge in [-0.05, 0) is 68.1 Å². The summed E-state index contributed by atoms with van der Waals surface area (Å²) in [5.74, 6) is 2.29. The fraction of sp³-hybridized carbons (Fsp3) is 0.480. The zero-order valence-corrected chi connectivity index (χ0v) is 18.1. The lowest BCUT2D eigenvalue weighted by molar-refractivity contribution is -0.117. The van der Waals surface area contributed by atoms with Crippen molar-refractivity contribution in [2.24, 2.45) is 0 Å².